The fourth-order valence-electron chi connectivity index (χ4n) is 2.60. The van der Waals surface area contributed by atoms with Crippen molar-refractivity contribution in [2.75, 3.05) is 18.4 Å². The van der Waals surface area contributed by atoms with Crippen molar-refractivity contribution in [3.05, 3.63) is 65.2 Å². The van der Waals surface area contributed by atoms with Crippen LogP contribution in [0.3, 0.4) is 0 Å². The summed E-state index contributed by atoms with van der Waals surface area (Å²) >= 11 is 1.55. The maximum absolute atomic E-state index is 4.70. The van der Waals surface area contributed by atoms with Crippen LogP contribution in [0.25, 0.3) is 23.5 Å². The Morgan fingerprint density at radius 3 is 2.73 bits per heavy atom. The number of hydrogen-bond donors (Lipinski definition) is 2. The van der Waals surface area contributed by atoms with Gasteiger partial charge in [0.05, 0.1) is 11.4 Å². The van der Waals surface area contributed by atoms with Gasteiger partial charge in [-0.3, -0.25) is 4.99 Å². The lowest BCUT2D eigenvalue weighted by Gasteiger charge is -2.14. The molecule has 0 spiro atoms. The van der Waals surface area contributed by atoms with E-state index in [1.54, 1.807) is 11.3 Å². The first-order valence-corrected chi connectivity index (χ1v) is 9.46. The van der Waals surface area contributed by atoms with E-state index in [1.807, 2.05) is 47.9 Å². The number of anilines is 1. The first-order valence-electron chi connectivity index (χ1n) is 8.58. The minimum atomic E-state index is 0.796. The van der Waals surface area contributed by atoms with Crippen molar-refractivity contribution in [2.45, 2.75) is 6.42 Å². The van der Waals surface area contributed by atoms with E-state index in [4.69, 9.17) is 4.98 Å². The zero-order chi connectivity index (χ0) is 17.6. The molecule has 0 saturated carbocycles. The SMILES string of the molecule is C(=C\c1cccc(-c2csc(NC3=NCCCN3)n2)n1)/c1ccccc1. The Hall–Kier alpha value is -2.99. The van der Waals surface area contributed by atoms with Crippen LogP contribution in [0.1, 0.15) is 17.7 Å². The molecule has 0 bridgehead atoms. The Morgan fingerprint density at radius 2 is 1.88 bits per heavy atom. The molecule has 3 aromatic rings. The van der Waals surface area contributed by atoms with Gasteiger partial charge in [0.15, 0.2) is 11.1 Å². The van der Waals surface area contributed by atoms with Crippen molar-refractivity contribution in [2.24, 2.45) is 4.99 Å². The number of aromatic nitrogens is 2. The molecule has 5 nitrogen and oxygen atoms in total. The molecule has 2 aromatic heterocycles. The number of nitrogens with one attached hydrogen (secondary N) is 2. The van der Waals surface area contributed by atoms with Gasteiger partial charge in [0.25, 0.3) is 0 Å². The summed E-state index contributed by atoms with van der Waals surface area (Å²) in [5, 5.41) is 9.31. The highest BCUT2D eigenvalue weighted by Crippen LogP contribution is 2.24. The van der Waals surface area contributed by atoms with Crippen molar-refractivity contribution in [3.63, 3.8) is 0 Å². The van der Waals surface area contributed by atoms with Crippen LogP contribution in [-0.2, 0) is 0 Å². The maximum Gasteiger partial charge on any atom is 0.197 e. The smallest absolute Gasteiger partial charge is 0.197 e. The van der Waals surface area contributed by atoms with E-state index >= 15 is 0 Å². The summed E-state index contributed by atoms with van der Waals surface area (Å²) in [6.07, 6.45) is 5.15. The van der Waals surface area contributed by atoms with Crippen molar-refractivity contribution in [3.8, 4) is 11.4 Å². The standard InChI is InChI=1S/C20H19N5S/c1-2-6-15(7-3-1)10-11-16-8-4-9-17(23-16)18-14-26-20(24-18)25-19-21-12-5-13-22-19/h1-4,6-11,14H,5,12-13H2,(H2,21,22,24,25)/b11-10+. The third kappa shape index (κ3) is 4.15. The first kappa shape index (κ1) is 16.5. The van der Waals surface area contributed by atoms with Gasteiger partial charge in [-0.2, -0.15) is 0 Å². The van der Waals surface area contributed by atoms with Gasteiger partial charge in [0.1, 0.15) is 5.69 Å². The number of hydrogen-bond acceptors (Lipinski definition) is 6. The quantitative estimate of drug-likeness (QED) is 0.733. The second-order valence-electron chi connectivity index (χ2n) is 5.87. The lowest BCUT2D eigenvalue weighted by atomic mass is 10.2. The number of benzene rings is 1. The number of aliphatic imine (C=N–C) groups is 1. The van der Waals surface area contributed by atoms with E-state index in [1.165, 1.54) is 0 Å². The zero-order valence-electron chi connectivity index (χ0n) is 14.2. The van der Waals surface area contributed by atoms with Crippen LogP contribution in [0.5, 0.6) is 0 Å². The summed E-state index contributed by atoms with van der Waals surface area (Å²) in [5.74, 6) is 0.796. The average Bonchev–Trinajstić information content (AvgIpc) is 3.17. The molecule has 0 saturated heterocycles. The molecule has 0 atom stereocenters. The summed E-state index contributed by atoms with van der Waals surface area (Å²) in [5.41, 5.74) is 3.79. The molecule has 0 fully saturated rings. The van der Waals surface area contributed by atoms with Crippen LogP contribution < -0.4 is 10.6 Å². The Morgan fingerprint density at radius 1 is 0.962 bits per heavy atom. The lowest BCUT2D eigenvalue weighted by Crippen LogP contribution is -2.35. The molecule has 4 rings (SSSR count). The number of pyridine rings is 1. The highest BCUT2D eigenvalue weighted by Gasteiger charge is 2.09. The third-order valence-corrected chi connectivity index (χ3v) is 4.66. The number of guanidine groups is 1. The minimum Gasteiger partial charge on any atom is -0.356 e. The molecule has 2 N–H and O–H groups in total. The van der Waals surface area contributed by atoms with Gasteiger partial charge in [-0.25, -0.2) is 9.97 Å². The normalized spacial score (nSPS) is 14.1. The van der Waals surface area contributed by atoms with E-state index in [-0.39, 0.29) is 0 Å². The average molecular weight is 361 g/mol. The van der Waals surface area contributed by atoms with Crippen LogP contribution in [0.2, 0.25) is 0 Å². The van der Waals surface area contributed by atoms with Crippen LogP contribution in [0.15, 0.2) is 58.9 Å². The molecule has 1 aromatic carbocycles. The second kappa shape index (κ2) is 7.93. The van der Waals surface area contributed by atoms with Crippen LogP contribution in [0.4, 0.5) is 5.13 Å². The van der Waals surface area contributed by atoms with Crippen LogP contribution in [0, 0.1) is 0 Å². The highest BCUT2D eigenvalue weighted by atomic mass is 32.1. The number of thiazole rings is 1. The third-order valence-electron chi connectivity index (χ3n) is 3.91. The fourth-order valence-corrected chi connectivity index (χ4v) is 3.30. The van der Waals surface area contributed by atoms with Crippen LogP contribution >= 0.6 is 11.3 Å². The first-order chi connectivity index (χ1) is 12.9. The largest absolute Gasteiger partial charge is 0.356 e. The summed E-state index contributed by atoms with van der Waals surface area (Å²) in [4.78, 5) is 13.7. The van der Waals surface area contributed by atoms with Crippen molar-refractivity contribution in [1.82, 2.24) is 15.3 Å². The van der Waals surface area contributed by atoms with Gasteiger partial charge in [-0.05, 0) is 30.2 Å². The van der Waals surface area contributed by atoms with E-state index in [9.17, 15) is 0 Å². The Bertz CT molecular complexity index is 930. The van der Waals surface area contributed by atoms with Gasteiger partial charge in [0.2, 0.25) is 0 Å². The van der Waals surface area contributed by atoms with Gasteiger partial charge >= 0.3 is 0 Å². The Balaban J connectivity index is 1.50. The van der Waals surface area contributed by atoms with E-state index in [2.05, 4.69) is 38.8 Å². The summed E-state index contributed by atoms with van der Waals surface area (Å²) in [6, 6.07) is 16.2. The molecule has 1 aliphatic rings. The topological polar surface area (TPSA) is 62.2 Å². The van der Waals surface area contributed by atoms with E-state index < -0.39 is 0 Å². The predicted octanol–water partition coefficient (Wildman–Crippen LogP) is 4.14. The number of nitrogens with zero attached hydrogens (tertiary/aromatic N) is 3. The fraction of sp³-hybridized carbons (Fsp3) is 0.150. The molecule has 0 radical (unpaired) electrons. The highest BCUT2D eigenvalue weighted by molar-refractivity contribution is 7.14. The monoisotopic (exact) mass is 361 g/mol. The van der Waals surface area contributed by atoms with Crippen LogP contribution in [-0.4, -0.2) is 29.0 Å². The lowest BCUT2D eigenvalue weighted by molar-refractivity contribution is 0.740. The summed E-state index contributed by atoms with van der Waals surface area (Å²) < 4.78 is 0. The van der Waals surface area contributed by atoms with E-state index in [0.717, 1.165) is 53.2 Å². The molecule has 0 aliphatic carbocycles. The van der Waals surface area contributed by atoms with Crippen molar-refractivity contribution in [1.29, 1.82) is 0 Å². The molecular formula is C20H19N5S. The van der Waals surface area contributed by atoms with Gasteiger partial charge in [-0.15, -0.1) is 11.3 Å². The Labute approximate surface area is 156 Å². The molecular weight excluding hydrogens is 342 g/mol. The molecule has 26 heavy (non-hydrogen) atoms. The summed E-state index contributed by atoms with van der Waals surface area (Å²) in [7, 11) is 0. The molecule has 6 heteroatoms. The molecule has 130 valence electrons. The molecule has 0 amide bonds. The predicted molar refractivity (Wildman–Crippen MR) is 109 cm³/mol. The Kier molecular flexibility index (Phi) is 5.02. The molecule has 3 heterocycles. The maximum atomic E-state index is 4.70. The second-order valence-corrected chi connectivity index (χ2v) is 6.72. The number of rotatable bonds is 4. The summed E-state index contributed by atoms with van der Waals surface area (Å²) in [6.45, 7) is 1.80. The zero-order valence-corrected chi connectivity index (χ0v) is 15.0. The van der Waals surface area contributed by atoms with Gasteiger partial charge in [0, 0.05) is 18.5 Å². The van der Waals surface area contributed by atoms with E-state index in [0.29, 0.717) is 0 Å². The molecule has 1 aliphatic heterocycles. The van der Waals surface area contributed by atoms with Gasteiger partial charge in [-0.1, -0.05) is 42.5 Å². The molecule has 0 unspecified atom stereocenters. The van der Waals surface area contributed by atoms with Crippen molar-refractivity contribution < 1.29 is 0 Å². The van der Waals surface area contributed by atoms with Gasteiger partial charge < -0.3 is 10.6 Å². The minimum absolute atomic E-state index is 0.796. The van der Waals surface area contributed by atoms with Crippen molar-refractivity contribution >= 4 is 34.6 Å².